The molecule has 1 aliphatic carbocycles. The van der Waals surface area contributed by atoms with E-state index in [4.69, 9.17) is 9.47 Å². The Bertz CT molecular complexity index is 1440. The van der Waals surface area contributed by atoms with Crippen LogP contribution in [0.2, 0.25) is 0 Å². The van der Waals surface area contributed by atoms with Crippen LogP contribution in [0.15, 0.2) is 53.3 Å². The van der Waals surface area contributed by atoms with E-state index in [1.165, 1.54) is 18.4 Å². The molecule has 2 aliphatic rings. The average molecular weight is 515 g/mol. The Hall–Kier alpha value is -3.72. The van der Waals surface area contributed by atoms with Gasteiger partial charge in [0.25, 0.3) is 5.56 Å². The van der Waals surface area contributed by atoms with Crippen LogP contribution in [0.1, 0.15) is 68.1 Å². The van der Waals surface area contributed by atoms with Gasteiger partial charge in [0.05, 0.1) is 17.6 Å². The quantitative estimate of drug-likeness (QED) is 0.349. The van der Waals surface area contributed by atoms with Gasteiger partial charge in [-0.05, 0) is 53.8 Å². The Balaban J connectivity index is 1.34. The molecule has 1 aliphatic heterocycles. The van der Waals surface area contributed by atoms with Gasteiger partial charge in [-0.15, -0.1) is 5.10 Å². The maximum absolute atomic E-state index is 13.3. The van der Waals surface area contributed by atoms with Crippen molar-refractivity contribution >= 4 is 10.9 Å². The molecule has 38 heavy (non-hydrogen) atoms. The van der Waals surface area contributed by atoms with Crippen LogP contribution in [-0.4, -0.2) is 49.8 Å². The van der Waals surface area contributed by atoms with Gasteiger partial charge < -0.3 is 14.5 Å². The van der Waals surface area contributed by atoms with E-state index in [1.54, 1.807) is 0 Å². The van der Waals surface area contributed by atoms with Crippen LogP contribution < -0.4 is 15.0 Å². The molecule has 1 atom stereocenters. The third-order valence-electron chi connectivity index (χ3n) is 7.80. The number of H-pyrrole nitrogens is 1. The summed E-state index contributed by atoms with van der Waals surface area (Å²) in [5, 5.41) is 13.9. The zero-order valence-corrected chi connectivity index (χ0v) is 21.8. The minimum atomic E-state index is -0.0934. The van der Waals surface area contributed by atoms with Crippen molar-refractivity contribution in [1.29, 1.82) is 0 Å². The van der Waals surface area contributed by atoms with Gasteiger partial charge in [0.2, 0.25) is 0 Å². The van der Waals surface area contributed by atoms with Crippen molar-refractivity contribution in [3.63, 3.8) is 0 Å². The molecule has 2 aromatic carbocycles. The summed E-state index contributed by atoms with van der Waals surface area (Å²) in [5.74, 6) is 2.27. The molecule has 1 saturated carbocycles. The lowest BCUT2D eigenvalue weighted by molar-refractivity contribution is 0.168. The topological polar surface area (TPSA) is 98.2 Å². The first-order valence-electron chi connectivity index (χ1n) is 13.7. The molecule has 198 valence electrons. The minimum Gasteiger partial charge on any atom is -0.486 e. The average Bonchev–Trinajstić information content (AvgIpc) is 3.64. The summed E-state index contributed by atoms with van der Waals surface area (Å²) in [6.07, 6.45) is 6.35. The van der Waals surface area contributed by atoms with Gasteiger partial charge >= 0.3 is 0 Å². The molecule has 3 heterocycles. The molecule has 4 aromatic rings. The monoisotopic (exact) mass is 514 g/mol. The fourth-order valence-electron chi connectivity index (χ4n) is 5.82. The van der Waals surface area contributed by atoms with Gasteiger partial charge in [0, 0.05) is 30.1 Å². The lowest BCUT2D eigenvalue weighted by atomic mass is 10.1. The van der Waals surface area contributed by atoms with E-state index in [0.717, 1.165) is 49.0 Å². The van der Waals surface area contributed by atoms with Crippen LogP contribution >= 0.6 is 0 Å². The van der Waals surface area contributed by atoms with Crippen molar-refractivity contribution in [3.05, 3.63) is 75.8 Å². The number of benzene rings is 2. The van der Waals surface area contributed by atoms with Crippen molar-refractivity contribution in [1.82, 2.24) is 30.1 Å². The number of hydrogen-bond donors (Lipinski definition) is 1. The van der Waals surface area contributed by atoms with Crippen LogP contribution in [0.25, 0.3) is 10.9 Å². The summed E-state index contributed by atoms with van der Waals surface area (Å²) in [5.41, 5.74) is 2.62. The lowest BCUT2D eigenvalue weighted by Gasteiger charge is -2.31. The van der Waals surface area contributed by atoms with Gasteiger partial charge in [0.15, 0.2) is 17.3 Å². The molecular weight excluding hydrogens is 480 g/mol. The number of fused-ring (bicyclic) bond motifs is 2. The second-order valence-corrected chi connectivity index (χ2v) is 10.3. The summed E-state index contributed by atoms with van der Waals surface area (Å²) in [6, 6.07) is 16.6. The van der Waals surface area contributed by atoms with Crippen LogP contribution in [-0.2, 0) is 13.0 Å². The molecule has 0 saturated heterocycles. The molecule has 0 spiro atoms. The van der Waals surface area contributed by atoms with Crippen molar-refractivity contribution < 1.29 is 9.47 Å². The van der Waals surface area contributed by atoms with Gasteiger partial charge in [0.1, 0.15) is 13.2 Å². The Morgan fingerprint density at radius 3 is 2.61 bits per heavy atom. The number of nitrogens with zero attached hydrogens (tertiary/aromatic N) is 5. The van der Waals surface area contributed by atoms with E-state index in [1.807, 2.05) is 28.9 Å². The van der Waals surface area contributed by atoms with E-state index in [0.29, 0.717) is 42.9 Å². The summed E-state index contributed by atoms with van der Waals surface area (Å²) in [6.45, 7) is 4.47. The third-order valence-corrected chi connectivity index (χ3v) is 7.80. The molecule has 1 N–H and O–H groups in total. The predicted molar refractivity (Wildman–Crippen MR) is 144 cm³/mol. The third kappa shape index (κ3) is 5.03. The largest absolute Gasteiger partial charge is 0.486 e. The number of tetrazole rings is 1. The maximum atomic E-state index is 13.3. The molecule has 0 bridgehead atoms. The van der Waals surface area contributed by atoms with Gasteiger partial charge in [-0.3, -0.25) is 9.69 Å². The van der Waals surface area contributed by atoms with Crippen molar-refractivity contribution in [3.8, 4) is 11.5 Å². The highest BCUT2D eigenvalue weighted by atomic mass is 16.6. The molecule has 1 unspecified atom stereocenters. The van der Waals surface area contributed by atoms with E-state index in [2.05, 4.69) is 56.6 Å². The van der Waals surface area contributed by atoms with Crippen LogP contribution in [0.5, 0.6) is 11.5 Å². The fraction of sp³-hybridized carbons (Fsp3) is 0.448. The number of pyridine rings is 1. The summed E-state index contributed by atoms with van der Waals surface area (Å²) in [4.78, 5) is 18.7. The predicted octanol–water partition coefficient (Wildman–Crippen LogP) is 4.60. The van der Waals surface area contributed by atoms with Gasteiger partial charge in [-0.2, -0.15) is 0 Å². The summed E-state index contributed by atoms with van der Waals surface area (Å²) in [7, 11) is 0. The highest BCUT2D eigenvalue weighted by Crippen LogP contribution is 2.35. The highest BCUT2D eigenvalue weighted by Gasteiger charge is 2.29. The Morgan fingerprint density at radius 1 is 1.08 bits per heavy atom. The van der Waals surface area contributed by atoms with E-state index in [9.17, 15) is 4.79 Å². The second kappa shape index (κ2) is 10.9. The number of aromatic amines is 1. The van der Waals surface area contributed by atoms with Crippen molar-refractivity contribution in [2.75, 3.05) is 19.8 Å². The van der Waals surface area contributed by atoms with Crippen LogP contribution in [0, 0.1) is 0 Å². The van der Waals surface area contributed by atoms with E-state index >= 15 is 0 Å². The molecule has 6 rings (SSSR count). The highest BCUT2D eigenvalue weighted by molar-refractivity contribution is 5.83. The summed E-state index contributed by atoms with van der Waals surface area (Å²) >= 11 is 0. The van der Waals surface area contributed by atoms with E-state index < -0.39 is 0 Å². The standard InChI is InChI=1S/C29H34N6O3/c1-2-25(28-31-32-33-35(28)23-10-6-7-11-23)34(13-12-20-8-4-3-5-9-20)19-22-16-21-17-26-27(38-15-14-37-26)18-24(21)30-29(22)36/h3-5,8-9,16-18,23,25H,2,6-7,10-15,19H2,1H3,(H,30,36). The Morgan fingerprint density at radius 2 is 1.84 bits per heavy atom. The summed E-state index contributed by atoms with van der Waals surface area (Å²) < 4.78 is 13.5. The number of ether oxygens (including phenoxy) is 2. The zero-order valence-electron chi connectivity index (χ0n) is 21.8. The van der Waals surface area contributed by atoms with Crippen molar-refractivity contribution in [2.24, 2.45) is 0 Å². The van der Waals surface area contributed by atoms with Crippen molar-refractivity contribution in [2.45, 2.75) is 64.1 Å². The number of rotatable bonds is 9. The first-order valence-corrected chi connectivity index (χ1v) is 13.7. The Kier molecular flexibility index (Phi) is 7.09. The van der Waals surface area contributed by atoms with Gasteiger partial charge in [-0.1, -0.05) is 50.1 Å². The van der Waals surface area contributed by atoms with Gasteiger partial charge in [-0.25, -0.2) is 4.68 Å². The normalized spacial score (nSPS) is 16.4. The molecule has 9 nitrogen and oxygen atoms in total. The number of hydrogen-bond acceptors (Lipinski definition) is 7. The molecular formula is C29H34N6O3. The lowest BCUT2D eigenvalue weighted by Crippen LogP contribution is -2.34. The number of nitrogens with one attached hydrogen (secondary N) is 1. The molecule has 9 heteroatoms. The first kappa shape index (κ1) is 24.6. The molecule has 1 fully saturated rings. The molecule has 2 aromatic heterocycles. The number of aromatic nitrogens is 5. The second-order valence-electron chi connectivity index (χ2n) is 10.3. The van der Waals surface area contributed by atoms with Crippen LogP contribution in [0.3, 0.4) is 0 Å². The smallest absolute Gasteiger partial charge is 0.252 e. The van der Waals surface area contributed by atoms with Crippen LogP contribution in [0.4, 0.5) is 0 Å². The Labute approximate surface area is 221 Å². The fourth-order valence-corrected chi connectivity index (χ4v) is 5.82. The maximum Gasteiger partial charge on any atom is 0.252 e. The molecule has 0 radical (unpaired) electrons. The first-order chi connectivity index (χ1) is 18.7. The molecule has 0 amide bonds. The zero-order chi connectivity index (χ0) is 25.9. The van der Waals surface area contributed by atoms with E-state index in [-0.39, 0.29) is 11.6 Å². The minimum absolute atomic E-state index is 0.00956. The SMILES string of the molecule is CCC(c1nnnn1C1CCCC1)N(CCc1ccccc1)Cc1cc2cc3c(cc2[nH]c1=O)OCCO3.